The van der Waals surface area contributed by atoms with Gasteiger partial charge in [-0.3, -0.25) is 9.78 Å². The van der Waals surface area contributed by atoms with E-state index in [4.69, 9.17) is 4.74 Å². The molecule has 11 heteroatoms. The maximum Gasteiger partial charge on any atom is 0.416 e. The number of pyridine rings is 1. The van der Waals surface area contributed by atoms with E-state index in [-0.39, 0.29) is 21.8 Å². The van der Waals surface area contributed by atoms with Crippen molar-refractivity contribution in [3.8, 4) is 11.3 Å². The van der Waals surface area contributed by atoms with Gasteiger partial charge in [-0.2, -0.15) is 18.2 Å². The number of aromatic nitrogens is 3. The predicted molar refractivity (Wildman–Crippen MR) is 117 cm³/mol. The van der Waals surface area contributed by atoms with Crippen LogP contribution in [0, 0.1) is 0 Å². The van der Waals surface area contributed by atoms with Crippen LogP contribution in [0.5, 0.6) is 0 Å². The Labute approximate surface area is 190 Å². The quantitative estimate of drug-likeness (QED) is 0.414. The van der Waals surface area contributed by atoms with Crippen LogP contribution in [0.2, 0.25) is 0 Å². The molecule has 0 atom stereocenters. The van der Waals surface area contributed by atoms with Crippen molar-refractivity contribution in [2.75, 3.05) is 30.9 Å². The van der Waals surface area contributed by atoms with Crippen LogP contribution >= 0.6 is 15.9 Å². The van der Waals surface area contributed by atoms with Crippen molar-refractivity contribution >= 4 is 33.6 Å². The monoisotopic (exact) mass is 509 g/mol. The smallest absolute Gasteiger partial charge is 0.385 e. The number of alkyl halides is 3. The number of carbonyl (C=O) groups is 1. The van der Waals surface area contributed by atoms with E-state index >= 15 is 0 Å². The molecule has 2 aromatic heterocycles. The van der Waals surface area contributed by atoms with Crippen molar-refractivity contribution in [2.45, 2.75) is 12.6 Å². The number of benzene rings is 1. The van der Waals surface area contributed by atoms with Gasteiger partial charge >= 0.3 is 6.18 Å². The van der Waals surface area contributed by atoms with E-state index in [9.17, 15) is 18.0 Å². The van der Waals surface area contributed by atoms with Gasteiger partial charge in [-0.25, -0.2) is 4.98 Å². The van der Waals surface area contributed by atoms with Crippen molar-refractivity contribution in [2.24, 2.45) is 0 Å². The van der Waals surface area contributed by atoms with Gasteiger partial charge in [0, 0.05) is 54.3 Å². The molecule has 168 valence electrons. The van der Waals surface area contributed by atoms with E-state index in [1.807, 2.05) is 0 Å². The number of hydrogen-bond donors (Lipinski definition) is 2. The molecule has 3 rings (SSSR count). The minimum absolute atomic E-state index is 0.131. The molecule has 0 saturated carbocycles. The summed E-state index contributed by atoms with van der Waals surface area (Å²) in [4.78, 5) is 25.5. The van der Waals surface area contributed by atoms with Gasteiger partial charge in [0.05, 0.1) is 11.3 Å². The van der Waals surface area contributed by atoms with Gasteiger partial charge in [-0.1, -0.05) is 15.9 Å². The van der Waals surface area contributed by atoms with Crippen molar-refractivity contribution in [3.63, 3.8) is 0 Å². The van der Waals surface area contributed by atoms with Crippen LogP contribution in [0.25, 0.3) is 11.3 Å². The normalized spacial score (nSPS) is 11.3. The number of nitrogens with one attached hydrogen (secondary N) is 2. The topological polar surface area (TPSA) is 89.0 Å². The third-order valence-electron chi connectivity index (χ3n) is 4.22. The second-order valence-electron chi connectivity index (χ2n) is 6.66. The Morgan fingerprint density at radius 2 is 2.00 bits per heavy atom. The zero-order chi connectivity index (χ0) is 23.1. The number of rotatable bonds is 8. The Bertz CT molecular complexity index is 1080. The van der Waals surface area contributed by atoms with E-state index in [0.717, 1.165) is 12.1 Å². The fourth-order valence-electron chi connectivity index (χ4n) is 2.74. The zero-order valence-electron chi connectivity index (χ0n) is 16.9. The second kappa shape index (κ2) is 10.5. The maximum atomic E-state index is 13.1. The summed E-state index contributed by atoms with van der Waals surface area (Å²) in [5.74, 6) is -0.354. The summed E-state index contributed by atoms with van der Waals surface area (Å²) in [6.07, 6.45) is -0.660. The molecular weight excluding hydrogens is 491 g/mol. The number of anilines is 2. The largest absolute Gasteiger partial charge is 0.416 e. The predicted octanol–water partition coefficient (Wildman–Crippen LogP) is 5.02. The lowest BCUT2D eigenvalue weighted by Gasteiger charge is -2.12. The third-order valence-corrected chi connectivity index (χ3v) is 4.68. The molecular formula is C21H19BrF3N5O2. The summed E-state index contributed by atoms with van der Waals surface area (Å²) in [5, 5.41) is 5.60. The van der Waals surface area contributed by atoms with Gasteiger partial charge in [0.15, 0.2) is 0 Å². The fourth-order valence-corrected chi connectivity index (χ4v) is 3.24. The number of ether oxygens (including phenoxy) is 1. The number of amides is 1. The Morgan fingerprint density at radius 3 is 2.69 bits per heavy atom. The molecule has 0 bridgehead atoms. The molecule has 3 aromatic rings. The molecule has 0 aliphatic carbocycles. The van der Waals surface area contributed by atoms with E-state index in [1.54, 1.807) is 31.6 Å². The molecule has 0 saturated heterocycles. The molecule has 1 aromatic carbocycles. The number of nitrogens with zero attached hydrogens (tertiary/aromatic N) is 3. The summed E-state index contributed by atoms with van der Waals surface area (Å²) >= 11 is 3.02. The van der Waals surface area contributed by atoms with Crippen molar-refractivity contribution in [1.82, 2.24) is 15.0 Å². The van der Waals surface area contributed by atoms with E-state index < -0.39 is 17.6 Å². The highest BCUT2D eigenvalue weighted by Gasteiger charge is 2.31. The van der Waals surface area contributed by atoms with Crippen molar-refractivity contribution in [3.05, 3.63) is 64.4 Å². The van der Waals surface area contributed by atoms with Gasteiger partial charge in [-0.15, -0.1) is 0 Å². The molecule has 0 aliphatic rings. The molecule has 0 unspecified atom stereocenters. The highest BCUT2D eigenvalue weighted by molar-refractivity contribution is 9.10. The van der Waals surface area contributed by atoms with E-state index in [2.05, 4.69) is 41.5 Å². The highest BCUT2D eigenvalue weighted by Crippen LogP contribution is 2.32. The highest BCUT2D eigenvalue weighted by atomic mass is 79.9. The molecule has 2 N–H and O–H groups in total. The van der Waals surface area contributed by atoms with Crippen LogP contribution in [0.3, 0.4) is 0 Å². The second-order valence-corrected chi connectivity index (χ2v) is 7.57. The van der Waals surface area contributed by atoms with Gasteiger partial charge in [0.25, 0.3) is 5.91 Å². The standard InChI is InChI=1S/C21H19BrF3N5O2/c1-32-7-3-6-27-20-28-17(13-4-2-5-26-12-13)11-18(30-20)29-19(31)14-8-15(21(23,24)25)10-16(22)9-14/h2,4-5,8-12H,3,6-7H2,1H3,(H2,27,28,29,30,31). The molecule has 0 spiro atoms. The van der Waals surface area contributed by atoms with E-state index in [1.165, 1.54) is 12.1 Å². The minimum Gasteiger partial charge on any atom is -0.385 e. The van der Waals surface area contributed by atoms with Gasteiger partial charge in [-0.05, 0) is 36.8 Å². The number of hydrogen-bond acceptors (Lipinski definition) is 6. The SMILES string of the molecule is COCCCNc1nc(NC(=O)c2cc(Br)cc(C(F)(F)F)c2)cc(-c2cccnc2)n1. The Morgan fingerprint density at radius 1 is 1.19 bits per heavy atom. The molecule has 32 heavy (non-hydrogen) atoms. The van der Waals surface area contributed by atoms with Crippen LogP contribution in [-0.4, -0.2) is 41.1 Å². The Hall–Kier alpha value is -3.05. The minimum atomic E-state index is -4.58. The average molecular weight is 510 g/mol. The van der Waals surface area contributed by atoms with Crippen LogP contribution in [0.4, 0.5) is 24.9 Å². The first-order chi connectivity index (χ1) is 15.3. The summed E-state index contributed by atoms with van der Waals surface area (Å²) < 4.78 is 44.5. The molecule has 2 heterocycles. The first kappa shape index (κ1) is 23.6. The van der Waals surface area contributed by atoms with Gasteiger partial charge in [0.1, 0.15) is 5.82 Å². The number of halogens is 4. The van der Waals surface area contributed by atoms with Gasteiger partial charge < -0.3 is 15.4 Å². The Balaban J connectivity index is 1.89. The van der Waals surface area contributed by atoms with Crippen LogP contribution in [0.1, 0.15) is 22.3 Å². The van der Waals surface area contributed by atoms with Gasteiger partial charge in [0.2, 0.25) is 5.95 Å². The first-order valence-corrected chi connectivity index (χ1v) is 10.3. The molecule has 1 amide bonds. The summed E-state index contributed by atoms with van der Waals surface area (Å²) in [6, 6.07) is 8.05. The Kier molecular flexibility index (Phi) is 7.75. The number of carbonyl (C=O) groups excluding carboxylic acids is 1. The van der Waals surface area contributed by atoms with Crippen LogP contribution < -0.4 is 10.6 Å². The third kappa shape index (κ3) is 6.47. The average Bonchev–Trinajstić information content (AvgIpc) is 2.76. The van der Waals surface area contributed by atoms with Crippen molar-refractivity contribution in [1.29, 1.82) is 0 Å². The summed E-state index contributed by atoms with van der Waals surface area (Å²) in [6.45, 7) is 1.07. The maximum absolute atomic E-state index is 13.1. The van der Waals surface area contributed by atoms with Crippen LogP contribution in [0.15, 0.2) is 53.3 Å². The number of methoxy groups -OCH3 is 1. The molecule has 7 nitrogen and oxygen atoms in total. The summed E-state index contributed by atoms with van der Waals surface area (Å²) in [5.41, 5.74) is 0.0779. The lowest BCUT2D eigenvalue weighted by atomic mass is 10.1. The van der Waals surface area contributed by atoms with Crippen molar-refractivity contribution < 1.29 is 22.7 Å². The lowest BCUT2D eigenvalue weighted by Crippen LogP contribution is -2.16. The zero-order valence-corrected chi connectivity index (χ0v) is 18.5. The first-order valence-electron chi connectivity index (χ1n) is 9.47. The lowest BCUT2D eigenvalue weighted by molar-refractivity contribution is -0.137. The molecule has 0 fully saturated rings. The van der Waals surface area contributed by atoms with E-state index in [0.29, 0.717) is 30.8 Å². The van der Waals surface area contributed by atoms with Crippen LogP contribution in [-0.2, 0) is 10.9 Å². The molecule has 0 radical (unpaired) electrons. The molecule has 0 aliphatic heterocycles. The fraction of sp³-hybridized carbons (Fsp3) is 0.238. The summed E-state index contributed by atoms with van der Waals surface area (Å²) in [7, 11) is 1.60.